The SMILES string of the molecule is N#CCNC(=O)CO. The Balaban J connectivity index is 3.15. The van der Waals surface area contributed by atoms with Gasteiger partial charge in [0.2, 0.25) is 5.91 Å². The van der Waals surface area contributed by atoms with Gasteiger partial charge in [0.25, 0.3) is 0 Å². The molecular weight excluding hydrogens is 108 g/mol. The lowest BCUT2D eigenvalue weighted by molar-refractivity contribution is -0.123. The number of aliphatic hydroxyl groups is 1. The summed E-state index contributed by atoms with van der Waals surface area (Å²) in [6.07, 6.45) is 0. The second-order valence-corrected chi connectivity index (χ2v) is 1.09. The Hall–Kier alpha value is -1.08. The van der Waals surface area contributed by atoms with Gasteiger partial charge < -0.3 is 10.4 Å². The highest BCUT2D eigenvalue weighted by Gasteiger charge is 1.92. The highest BCUT2D eigenvalue weighted by atomic mass is 16.3. The van der Waals surface area contributed by atoms with Gasteiger partial charge in [-0.3, -0.25) is 4.79 Å². The Kier molecular flexibility index (Phi) is 3.54. The number of amides is 1. The largest absolute Gasteiger partial charge is 0.387 e. The third kappa shape index (κ3) is 3.12. The number of nitrogens with zero attached hydrogens (tertiary/aromatic N) is 1. The van der Waals surface area contributed by atoms with Crippen molar-refractivity contribution in [3.8, 4) is 6.07 Å². The third-order valence-electron chi connectivity index (χ3n) is 0.508. The molecule has 0 aliphatic rings. The Morgan fingerprint density at radius 2 is 2.50 bits per heavy atom. The van der Waals surface area contributed by atoms with E-state index in [1.54, 1.807) is 6.07 Å². The summed E-state index contributed by atoms with van der Waals surface area (Å²) in [6, 6.07) is 1.69. The first-order valence-corrected chi connectivity index (χ1v) is 2.05. The Bertz CT molecular complexity index is 116. The van der Waals surface area contributed by atoms with Gasteiger partial charge in [-0.05, 0) is 0 Å². The van der Waals surface area contributed by atoms with Crippen LogP contribution in [0.1, 0.15) is 0 Å². The number of rotatable bonds is 2. The van der Waals surface area contributed by atoms with E-state index in [2.05, 4.69) is 5.32 Å². The summed E-state index contributed by atoms with van der Waals surface area (Å²) in [5, 5.41) is 18.0. The molecule has 44 valence electrons. The number of nitrogens with one attached hydrogen (secondary N) is 1. The molecule has 0 spiro atoms. The average molecular weight is 114 g/mol. The predicted octanol–water partition coefficient (Wildman–Crippen LogP) is -1.38. The van der Waals surface area contributed by atoms with Crippen LogP contribution in [-0.4, -0.2) is 24.2 Å². The van der Waals surface area contributed by atoms with Crippen LogP contribution in [-0.2, 0) is 4.79 Å². The summed E-state index contributed by atoms with van der Waals surface area (Å²) in [5.41, 5.74) is 0. The zero-order valence-corrected chi connectivity index (χ0v) is 4.22. The first-order chi connectivity index (χ1) is 3.81. The van der Waals surface area contributed by atoms with Gasteiger partial charge in [-0.15, -0.1) is 0 Å². The second-order valence-electron chi connectivity index (χ2n) is 1.09. The van der Waals surface area contributed by atoms with E-state index in [4.69, 9.17) is 10.4 Å². The van der Waals surface area contributed by atoms with Crippen molar-refractivity contribution in [3.63, 3.8) is 0 Å². The minimum absolute atomic E-state index is 0.0423. The number of hydrogen-bond donors (Lipinski definition) is 2. The molecule has 0 aromatic rings. The highest BCUT2D eigenvalue weighted by Crippen LogP contribution is 1.58. The molecule has 0 bridgehead atoms. The van der Waals surface area contributed by atoms with Gasteiger partial charge in [0.1, 0.15) is 13.2 Å². The minimum Gasteiger partial charge on any atom is -0.387 e. The van der Waals surface area contributed by atoms with Crippen molar-refractivity contribution in [2.45, 2.75) is 0 Å². The molecule has 2 N–H and O–H groups in total. The molecule has 0 rings (SSSR count). The molecule has 1 amide bonds. The zero-order chi connectivity index (χ0) is 6.41. The van der Waals surface area contributed by atoms with Crippen LogP contribution < -0.4 is 5.32 Å². The summed E-state index contributed by atoms with van der Waals surface area (Å²) < 4.78 is 0. The molecule has 0 saturated heterocycles. The molecule has 0 aromatic heterocycles. The Morgan fingerprint density at radius 3 is 2.88 bits per heavy atom. The number of carbonyl (C=O) groups excluding carboxylic acids is 1. The van der Waals surface area contributed by atoms with Crippen LogP contribution in [0, 0.1) is 11.3 Å². The van der Waals surface area contributed by atoms with E-state index in [0.717, 1.165) is 0 Å². The fraction of sp³-hybridized carbons (Fsp3) is 0.500. The lowest BCUT2D eigenvalue weighted by atomic mass is 10.6. The van der Waals surface area contributed by atoms with Crippen molar-refractivity contribution in [3.05, 3.63) is 0 Å². The quantitative estimate of drug-likeness (QED) is 0.434. The molecule has 0 fully saturated rings. The van der Waals surface area contributed by atoms with Crippen LogP contribution in [0.4, 0.5) is 0 Å². The monoisotopic (exact) mass is 114 g/mol. The van der Waals surface area contributed by atoms with E-state index < -0.39 is 12.5 Å². The standard InChI is InChI=1S/C4H6N2O2/c5-1-2-6-4(8)3-7/h7H,2-3H2,(H,6,8). The van der Waals surface area contributed by atoms with Gasteiger partial charge in [0.15, 0.2) is 0 Å². The minimum atomic E-state index is -0.554. The van der Waals surface area contributed by atoms with Gasteiger partial charge in [0.05, 0.1) is 6.07 Å². The molecule has 4 nitrogen and oxygen atoms in total. The van der Waals surface area contributed by atoms with E-state index in [1.807, 2.05) is 0 Å². The zero-order valence-electron chi connectivity index (χ0n) is 4.22. The molecule has 0 unspecified atom stereocenters. The molecule has 0 aromatic carbocycles. The van der Waals surface area contributed by atoms with Gasteiger partial charge in [-0.2, -0.15) is 5.26 Å². The molecule has 0 aliphatic heterocycles. The van der Waals surface area contributed by atoms with Crippen LogP contribution >= 0.6 is 0 Å². The van der Waals surface area contributed by atoms with E-state index in [9.17, 15) is 4.79 Å². The van der Waals surface area contributed by atoms with Crippen molar-refractivity contribution in [1.29, 1.82) is 5.26 Å². The van der Waals surface area contributed by atoms with Crippen LogP contribution in [0.2, 0.25) is 0 Å². The average Bonchev–Trinajstić information content (AvgIpc) is 1.83. The normalized spacial score (nSPS) is 7.50. The number of hydrogen-bond acceptors (Lipinski definition) is 3. The summed E-state index contributed by atoms with van der Waals surface area (Å²) in [4.78, 5) is 10.1. The first kappa shape index (κ1) is 6.92. The molecule has 0 saturated carbocycles. The van der Waals surface area contributed by atoms with E-state index in [-0.39, 0.29) is 6.54 Å². The summed E-state index contributed by atoms with van der Waals surface area (Å²) in [6.45, 7) is -0.596. The van der Waals surface area contributed by atoms with Gasteiger partial charge in [0, 0.05) is 0 Å². The molecule has 8 heavy (non-hydrogen) atoms. The molecule has 0 atom stereocenters. The summed E-state index contributed by atoms with van der Waals surface area (Å²) >= 11 is 0. The smallest absolute Gasteiger partial charge is 0.246 e. The molecule has 0 heterocycles. The third-order valence-corrected chi connectivity index (χ3v) is 0.508. The maximum Gasteiger partial charge on any atom is 0.246 e. The lowest BCUT2D eigenvalue weighted by Gasteiger charge is -1.91. The Morgan fingerprint density at radius 1 is 1.88 bits per heavy atom. The van der Waals surface area contributed by atoms with E-state index in [0.29, 0.717) is 0 Å². The van der Waals surface area contributed by atoms with Gasteiger partial charge in [-0.1, -0.05) is 0 Å². The van der Waals surface area contributed by atoms with Crippen molar-refractivity contribution in [2.24, 2.45) is 0 Å². The number of nitriles is 1. The van der Waals surface area contributed by atoms with E-state index >= 15 is 0 Å². The number of carbonyl (C=O) groups is 1. The molecule has 0 radical (unpaired) electrons. The van der Waals surface area contributed by atoms with Crippen molar-refractivity contribution in [1.82, 2.24) is 5.32 Å². The number of aliphatic hydroxyl groups excluding tert-OH is 1. The molecule has 4 heteroatoms. The summed E-state index contributed by atoms with van der Waals surface area (Å²) in [5.74, 6) is -0.522. The maximum atomic E-state index is 10.1. The molecular formula is C4H6N2O2. The van der Waals surface area contributed by atoms with Crippen LogP contribution in [0.5, 0.6) is 0 Å². The topological polar surface area (TPSA) is 73.1 Å². The fourth-order valence-electron chi connectivity index (χ4n) is 0.194. The Labute approximate surface area is 46.7 Å². The van der Waals surface area contributed by atoms with Crippen LogP contribution in [0.25, 0.3) is 0 Å². The van der Waals surface area contributed by atoms with Crippen molar-refractivity contribution >= 4 is 5.91 Å². The van der Waals surface area contributed by atoms with Crippen LogP contribution in [0.3, 0.4) is 0 Å². The van der Waals surface area contributed by atoms with Gasteiger partial charge >= 0.3 is 0 Å². The van der Waals surface area contributed by atoms with E-state index in [1.165, 1.54) is 0 Å². The van der Waals surface area contributed by atoms with Crippen LogP contribution in [0.15, 0.2) is 0 Å². The maximum absolute atomic E-state index is 10.1. The summed E-state index contributed by atoms with van der Waals surface area (Å²) in [7, 11) is 0. The first-order valence-electron chi connectivity index (χ1n) is 2.05. The highest BCUT2D eigenvalue weighted by molar-refractivity contribution is 5.76. The van der Waals surface area contributed by atoms with Gasteiger partial charge in [-0.25, -0.2) is 0 Å². The second kappa shape index (κ2) is 4.09. The lowest BCUT2D eigenvalue weighted by Crippen LogP contribution is -2.26. The molecule has 0 aliphatic carbocycles. The fourth-order valence-corrected chi connectivity index (χ4v) is 0.194. The van der Waals surface area contributed by atoms with Crippen molar-refractivity contribution < 1.29 is 9.90 Å². The van der Waals surface area contributed by atoms with Crippen molar-refractivity contribution in [2.75, 3.05) is 13.2 Å². The predicted molar refractivity (Wildman–Crippen MR) is 25.7 cm³/mol.